The third-order valence-corrected chi connectivity index (χ3v) is 7.45. The number of piperazine rings is 1. The van der Waals surface area contributed by atoms with Gasteiger partial charge in [0.15, 0.2) is 0 Å². The van der Waals surface area contributed by atoms with Gasteiger partial charge >= 0.3 is 0 Å². The number of anilines is 2. The van der Waals surface area contributed by atoms with Gasteiger partial charge in [-0.3, -0.25) is 10.4 Å². The van der Waals surface area contributed by atoms with Crippen LogP contribution in [0, 0.1) is 19.3 Å². The molecule has 0 amide bonds. The molecule has 1 aromatic carbocycles. The molecule has 0 saturated carbocycles. The molecule has 1 aliphatic rings. The van der Waals surface area contributed by atoms with Gasteiger partial charge in [-0.15, -0.1) is 0 Å². The van der Waals surface area contributed by atoms with E-state index in [0.29, 0.717) is 28.3 Å². The zero-order chi connectivity index (χ0) is 25.1. The molecule has 8 nitrogen and oxygen atoms in total. The molecule has 3 aromatic rings. The number of benzene rings is 1. The van der Waals surface area contributed by atoms with Crippen LogP contribution in [0.5, 0.6) is 5.75 Å². The van der Waals surface area contributed by atoms with Crippen molar-refractivity contribution in [2.45, 2.75) is 26.9 Å². The first-order valence-electron chi connectivity index (χ1n) is 11.6. The fraction of sp³-hybridized carbons (Fsp3) is 0.346. The lowest BCUT2D eigenvalue weighted by Gasteiger charge is -2.33. The minimum Gasteiger partial charge on any atom is -0.486 e. The molecule has 0 spiro atoms. The average molecular weight is 493 g/mol. The van der Waals surface area contributed by atoms with Gasteiger partial charge in [0.1, 0.15) is 17.7 Å². The Morgan fingerprint density at radius 1 is 1.09 bits per heavy atom. The van der Waals surface area contributed by atoms with Gasteiger partial charge in [-0.25, -0.2) is 13.5 Å². The van der Waals surface area contributed by atoms with Gasteiger partial charge in [0.05, 0.1) is 16.7 Å². The number of hydrogen-bond donors (Lipinski definition) is 2. The molecule has 2 atom stereocenters. The van der Waals surface area contributed by atoms with E-state index in [1.54, 1.807) is 18.5 Å². The maximum atomic E-state index is 11.7. The lowest BCUT2D eigenvalue weighted by Crippen LogP contribution is -2.47. The Morgan fingerprint density at radius 3 is 2.37 bits per heavy atom. The number of hydrogen-bond acceptors (Lipinski definition) is 7. The third-order valence-electron chi connectivity index (χ3n) is 6.36. The molecule has 3 N–H and O–H groups in total. The molecule has 2 aromatic heterocycles. The maximum Gasteiger partial charge on any atom is 0.128 e. The number of nitrogens with zero attached hydrogens (tertiary/aromatic N) is 4. The van der Waals surface area contributed by atoms with Crippen molar-refractivity contribution >= 4 is 28.2 Å². The summed E-state index contributed by atoms with van der Waals surface area (Å²) in [6, 6.07) is 9.25. The first-order chi connectivity index (χ1) is 16.7. The first kappa shape index (κ1) is 24.8. The predicted molar refractivity (Wildman–Crippen MR) is 142 cm³/mol. The van der Waals surface area contributed by atoms with E-state index in [2.05, 4.69) is 14.9 Å². The number of aryl methyl sites for hydroxylation is 2. The predicted octanol–water partition coefficient (Wildman–Crippen LogP) is 3.65. The number of pyridine rings is 2. The summed E-state index contributed by atoms with van der Waals surface area (Å²) in [5.74, 6) is 1.50. The monoisotopic (exact) mass is 492 g/mol. The second kappa shape index (κ2) is 10.5. The lowest BCUT2D eigenvalue weighted by molar-refractivity contribution is 0.225. The number of rotatable bonds is 7. The summed E-state index contributed by atoms with van der Waals surface area (Å²) >= 11 is 0. The normalized spacial score (nSPS) is 16.1. The van der Waals surface area contributed by atoms with E-state index >= 15 is 0 Å². The number of nitrogens with two attached hydrogens (primary N) is 1. The summed E-state index contributed by atoms with van der Waals surface area (Å²) in [7, 11) is -0.943. The Labute approximate surface area is 209 Å². The van der Waals surface area contributed by atoms with Gasteiger partial charge in [0, 0.05) is 73.4 Å². The van der Waals surface area contributed by atoms with Crippen molar-refractivity contribution in [2.24, 2.45) is 0 Å². The molecule has 0 bridgehead atoms. The molecular weight excluding hydrogens is 460 g/mol. The Balaban J connectivity index is 1.49. The second-order valence-corrected chi connectivity index (χ2v) is 10.2. The molecule has 1 saturated heterocycles. The van der Waals surface area contributed by atoms with E-state index in [-0.39, 0.29) is 6.10 Å². The second-order valence-electron chi connectivity index (χ2n) is 8.82. The van der Waals surface area contributed by atoms with Crippen LogP contribution < -0.4 is 15.4 Å². The van der Waals surface area contributed by atoms with E-state index in [1.807, 2.05) is 61.7 Å². The number of nitrogen functional groups attached to an aromatic ring is 1. The molecule has 0 radical (unpaired) electrons. The van der Waals surface area contributed by atoms with Gasteiger partial charge in [0.2, 0.25) is 0 Å². The molecule has 1 unspecified atom stereocenters. The van der Waals surface area contributed by atoms with E-state index in [0.717, 1.165) is 48.7 Å². The van der Waals surface area contributed by atoms with Crippen LogP contribution in [0.4, 0.5) is 11.5 Å². The van der Waals surface area contributed by atoms with Crippen molar-refractivity contribution < 1.29 is 8.95 Å². The molecule has 1 fully saturated rings. The van der Waals surface area contributed by atoms with Crippen LogP contribution in [-0.2, 0) is 11.0 Å². The smallest absolute Gasteiger partial charge is 0.128 e. The average Bonchev–Trinajstić information content (AvgIpc) is 2.85. The van der Waals surface area contributed by atoms with Crippen molar-refractivity contribution in [3.63, 3.8) is 0 Å². The van der Waals surface area contributed by atoms with Crippen LogP contribution in [0.1, 0.15) is 40.8 Å². The Morgan fingerprint density at radius 2 is 1.77 bits per heavy atom. The van der Waals surface area contributed by atoms with Crippen LogP contribution in [0.25, 0.3) is 0 Å². The third kappa shape index (κ3) is 5.52. The van der Waals surface area contributed by atoms with Crippen LogP contribution in [0.3, 0.4) is 0 Å². The molecule has 0 aliphatic carbocycles. The molecule has 3 heterocycles. The topological polar surface area (TPSA) is 108 Å². The van der Waals surface area contributed by atoms with Crippen LogP contribution in [0.2, 0.25) is 0 Å². The first-order valence-corrected chi connectivity index (χ1v) is 13.1. The quantitative estimate of drug-likeness (QED) is 0.385. The summed E-state index contributed by atoms with van der Waals surface area (Å²) in [4.78, 5) is 11.0. The van der Waals surface area contributed by atoms with Crippen LogP contribution in [0.15, 0.2) is 48.9 Å². The maximum absolute atomic E-state index is 11.7. The summed E-state index contributed by atoms with van der Waals surface area (Å²) < 4.78 is 19.9. The van der Waals surface area contributed by atoms with Gasteiger partial charge in [-0.1, -0.05) is 0 Å². The fourth-order valence-corrected chi connectivity index (χ4v) is 5.17. The minimum atomic E-state index is -0.943. The van der Waals surface area contributed by atoms with E-state index in [9.17, 15) is 4.21 Å². The van der Waals surface area contributed by atoms with Gasteiger partial charge < -0.3 is 15.4 Å². The van der Waals surface area contributed by atoms with E-state index in [4.69, 9.17) is 15.9 Å². The van der Waals surface area contributed by atoms with Gasteiger partial charge in [0.25, 0.3) is 0 Å². The fourth-order valence-electron chi connectivity index (χ4n) is 4.49. The van der Waals surface area contributed by atoms with Gasteiger partial charge in [-0.2, -0.15) is 0 Å². The zero-order valence-electron chi connectivity index (χ0n) is 20.6. The number of ether oxygens (including phenoxy) is 1. The summed E-state index contributed by atoms with van der Waals surface area (Å²) in [6.45, 7) is 9.08. The highest BCUT2D eigenvalue weighted by Gasteiger charge is 2.20. The highest BCUT2D eigenvalue weighted by molar-refractivity contribution is 7.81. The Kier molecular flexibility index (Phi) is 7.47. The number of nitrogens with one attached hydrogen (secondary N) is 1. The van der Waals surface area contributed by atoms with Crippen molar-refractivity contribution in [2.75, 3.05) is 43.1 Å². The summed E-state index contributed by atoms with van der Waals surface area (Å²) in [5.41, 5.74) is 11.6. The van der Waals surface area contributed by atoms with E-state index in [1.165, 1.54) is 0 Å². The van der Waals surface area contributed by atoms with Gasteiger partial charge in [-0.05, 0) is 62.2 Å². The van der Waals surface area contributed by atoms with E-state index < -0.39 is 11.0 Å². The molecule has 35 heavy (non-hydrogen) atoms. The standard InChI is InChI=1S/C26H32N6O2S/c1-17-14-29-15-18(2)25(17)19(3)34-21-6-7-23(27)22(13-21)26(28)20-5-8-24(30-16-20)31-9-11-32(12-10-31)35(4)33/h5-8,13-16,19,28H,9-12,27H2,1-4H3/t19-,35?/m1/s1. The SMILES string of the molecule is Cc1cncc(C)c1[C@@H](C)Oc1ccc(N)c(C(=N)c2ccc(N3CCN(S(C)=O)CC3)nc2)c1. The summed E-state index contributed by atoms with van der Waals surface area (Å²) in [6.07, 6.45) is 6.93. The molecular formula is C26H32N6O2S. The van der Waals surface area contributed by atoms with Crippen molar-refractivity contribution in [1.82, 2.24) is 14.3 Å². The molecule has 4 rings (SSSR count). The highest BCUT2D eigenvalue weighted by Crippen LogP contribution is 2.29. The Hall–Kier alpha value is -3.30. The van der Waals surface area contributed by atoms with Crippen LogP contribution in [-0.4, -0.2) is 56.6 Å². The molecule has 184 valence electrons. The van der Waals surface area contributed by atoms with Crippen LogP contribution >= 0.6 is 0 Å². The molecule has 9 heteroatoms. The Bertz CT molecular complexity index is 1220. The number of aromatic nitrogens is 2. The van der Waals surface area contributed by atoms with Crippen molar-refractivity contribution in [3.05, 3.63) is 76.7 Å². The minimum absolute atomic E-state index is 0.171. The van der Waals surface area contributed by atoms with Crippen molar-refractivity contribution in [1.29, 1.82) is 5.41 Å². The lowest BCUT2D eigenvalue weighted by atomic mass is 10.0. The largest absolute Gasteiger partial charge is 0.486 e. The zero-order valence-corrected chi connectivity index (χ0v) is 21.4. The summed E-state index contributed by atoms with van der Waals surface area (Å²) in [5, 5.41) is 8.77. The van der Waals surface area contributed by atoms with Crippen molar-refractivity contribution in [3.8, 4) is 5.75 Å². The highest BCUT2D eigenvalue weighted by atomic mass is 32.2. The molecule has 1 aliphatic heterocycles.